The molecule has 4 aromatic rings. The molecule has 0 aliphatic carbocycles. The monoisotopic (exact) mass is 518 g/mol. The molecule has 0 unspecified atom stereocenters. The highest BCUT2D eigenvalue weighted by atomic mass is 79.9. The Bertz CT molecular complexity index is 1430. The number of hydrogen-bond donors (Lipinski definition) is 0. The van der Waals surface area contributed by atoms with Gasteiger partial charge in [-0.3, -0.25) is 4.79 Å². The first-order valence-corrected chi connectivity index (χ1v) is 12.0. The maximum atomic E-state index is 13.2. The zero-order chi connectivity index (χ0) is 24.2. The van der Waals surface area contributed by atoms with Gasteiger partial charge < -0.3 is 9.30 Å². The van der Waals surface area contributed by atoms with Gasteiger partial charge in [-0.05, 0) is 68.8 Å². The van der Waals surface area contributed by atoms with Crippen molar-refractivity contribution in [2.24, 2.45) is 5.10 Å². The molecule has 7 heteroatoms. The van der Waals surface area contributed by atoms with E-state index in [2.05, 4.69) is 52.1 Å². The van der Waals surface area contributed by atoms with Crippen LogP contribution in [-0.4, -0.2) is 27.0 Å². The van der Waals surface area contributed by atoms with E-state index in [4.69, 9.17) is 9.72 Å². The van der Waals surface area contributed by atoms with Crippen molar-refractivity contribution in [2.75, 3.05) is 6.61 Å². The predicted molar refractivity (Wildman–Crippen MR) is 142 cm³/mol. The Morgan fingerprint density at radius 3 is 2.62 bits per heavy atom. The molecule has 0 amide bonds. The van der Waals surface area contributed by atoms with Crippen molar-refractivity contribution < 1.29 is 4.74 Å². The number of hydrogen-bond acceptors (Lipinski definition) is 4. The Morgan fingerprint density at radius 2 is 1.91 bits per heavy atom. The van der Waals surface area contributed by atoms with E-state index in [1.54, 1.807) is 18.4 Å². The van der Waals surface area contributed by atoms with Gasteiger partial charge in [-0.1, -0.05) is 35.5 Å². The van der Waals surface area contributed by atoms with Gasteiger partial charge >= 0.3 is 0 Å². The van der Waals surface area contributed by atoms with Crippen molar-refractivity contribution >= 4 is 33.0 Å². The second-order valence-corrected chi connectivity index (χ2v) is 8.97. The molecule has 4 rings (SSSR count). The van der Waals surface area contributed by atoms with E-state index in [9.17, 15) is 4.79 Å². The molecule has 0 saturated carbocycles. The molecule has 0 saturated heterocycles. The maximum Gasteiger partial charge on any atom is 0.282 e. The van der Waals surface area contributed by atoms with Gasteiger partial charge in [0.2, 0.25) is 0 Å². The Kier molecular flexibility index (Phi) is 7.12. The zero-order valence-electron chi connectivity index (χ0n) is 19.6. The third-order valence-electron chi connectivity index (χ3n) is 5.59. The molecule has 2 heterocycles. The lowest BCUT2D eigenvalue weighted by molar-refractivity contribution is 0.363. The van der Waals surface area contributed by atoms with Crippen LogP contribution in [0.25, 0.3) is 16.6 Å². The van der Waals surface area contributed by atoms with Gasteiger partial charge in [-0.15, -0.1) is 0 Å². The van der Waals surface area contributed by atoms with Gasteiger partial charge in [0, 0.05) is 33.5 Å². The van der Waals surface area contributed by atoms with Crippen LogP contribution in [0.15, 0.2) is 75.6 Å². The SMILES string of the molecule is C=CCOc1ccc(-n2c(C)cc(C=Nn3c(CCC)nc4ccc(Br)cc4c3=O)c2C)cc1. The van der Waals surface area contributed by atoms with Crippen molar-refractivity contribution in [1.82, 2.24) is 14.2 Å². The van der Waals surface area contributed by atoms with Crippen LogP contribution in [0.3, 0.4) is 0 Å². The second-order valence-electron chi connectivity index (χ2n) is 8.06. The van der Waals surface area contributed by atoms with Crippen LogP contribution in [0.1, 0.15) is 36.1 Å². The summed E-state index contributed by atoms with van der Waals surface area (Å²) < 4.78 is 10.0. The van der Waals surface area contributed by atoms with Crippen molar-refractivity contribution in [3.8, 4) is 11.4 Å². The first-order valence-electron chi connectivity index (χ1n) is 11.2. The lowest BCUT2D eigenvalue weighted by Crippen LogP contribution is -2.22. The number of ether oxygens (including phenoxy) is 1. The molecule has 34 heavy (non-hydrogen) atoms. The Balaban J connectivity index is 1.72. The lowest BCUT2D eigenvalue weighted by Gasteiger charge is -2.11. The fourth-order valence-electron chi connectivity index (χ4n) is 3.98. The minimum atomic E-state index is -0.171. The average molecular weight is 519 g/mol. The summed E-state index contributed by atoms with van der Waals surface area (Å²) in [6.45, 7) is 10.3. The largest absolute Gasteiger partial charge is 0.490 e. The molecule has 0 aliphatic rings. The summed E-state index contributed by atoms with van der Waals surface area (Å²) in [4.78, 5) is 18.0. The first kappa shape index (κ1) is 23.7. The topological polar surface area (TPSA) is 61.4 Å². The third-order valence-corrected chi connectivity index (χ3v) is 6.09. The molecule has 0 N–H and O–H groups in total. The molecular weight excluding hydrogens is 492 g/mol. The summed E-state index contributed by atoms with van der Waals surface area (Å²) in [5, 5.41) is 5.13. The Morgan fingerprint density at radius 1 is 1.15 bits per heavy atom. The number of aromatic nitrogens is 3. The summed E-state index contributed by atoms with van der Waals surface area (Å²) in [7, 11) is 0. The van der Waals surface area contributed by atoms with Crippen LogP contribution in [0.2, 0.25) is 0 Å². The molecule has 174 valence electrons. The summed E-state index contributed by atoms with van der Waals surface area (Å²) >= 11 is 3.45. The molecule has 0 radical (unpaired) electrons. The van der Waals surface area contributed by atoms with Crippen LogP contribution in [0.4, 0.5) is 0 Å². The summed E-state index contributed by atoms with van der Waals surface area (Å²) in [5.74, 6) is 1.45. The summed E-state index contributed by atoms with van der Waals surface area (Å²) in [6, 6.07) is 15.5. The number of aryl methyl sites for hydroxylation is 2. The van der Waals surface area contributed by atoms with E-state index >= 15 is 0 Å². The van der Waals surface area contributed by atoms with Crippen LogP contribution < -0.4 is 10.3 Å². The molecule has 0 aliphatic heterocycles. The maximum absolute atomic E-state index is 13.2. The highest BCUT2D eigenvalue weighted by Crippen LogP contribution is 2.22. The third kappa shape index (κ3) is 4.75. The number of halogens is 1. The summed E-state index contributed by atoms with van der Waals surface area (Å²) in [5.41, 5.74) is 4.58. The van der Waals surface area contributed by atoms with E-state index < -0.39 is 0 Å². The standard InChI is InChI=1S/C27H27BrN4O2/c1-5-7-26-30-25-13-8-21(28)16-24(25)27(33)32(26)29-17-20-15-18(3)31(19(20)4)22-9-11-23(12-10-22)34-14-6-2/h6,8-13,15-17H,2,5,7,14H2,1,3-4H3. The minimum absolute atomic E-state index is 0.171. The van der Waals surface area contributed by atoms with Crippen molar-refractivity contribution in [3.63, 3.8) is 0 Å². The van der Waals surface area contributed by atoms with Gasteiger partial charge in [-0.2, -0.15) is 9.78 Å². The average Bonchev–Trinajstić information content (AvgIpc) is 3.11. The number of benzene rings is 2. The van der Waals surface area contributed by atoms with Gasteiger partial charge in [0.1, 0.15) is 18.2 Å². The van der Waals surface area contributed by atoms with Crippen LogP contribution in [-0.2, 0) is 6.42 Å². The van der Waals surface area contributed by atoms with Crippen LogP contribution >= 0.6 is 15.9 Å². The predicted octanol–water partition coefficient (Wildman–Crippen LogP) is 5.97. The molecule has 0 atom stereocenters. The number of rotatable bonds is 8. The molecule has 0 spiro atoms. The first-order chi connectivity index (χ1) is 16.4. The van der Waals surface area contributed by atoms with E-state index in [1.807, 2.05) is 43.3 Å². The summed E-state index contributed by atoms with van der Waals surface area (Å²) in [6.07, 6.45) is 5.00. The van der Waals surface area contributed by atoms with Crippen molar-refractivity contribution in [2.45, 2.75) is 33.6 Å². The van der Waals surface area contributed by atoms with Crippen LogP contribution in [0.5, 0.6) is 5.75 Å². The van der Waals surface area contributed by atoms with Crippen molar-refractivity contribution in [3.05, 3.63) is 98.8 Å². The van der Waals surface area contributed by atoms with Gasteiger partial charge in [0.25, 0.3) is 5.56 Å². The normalized spacial score (nSPS) is 11.4. The number of nitrogens with zero attached hydrogens (tertiary/aromatic N) is 4. The quantitative estimate of drug-likeness (QED) is 0.213. The fraction of sp³-hybridized carbons (Fsp3) is 0.222. The van der Waals surface area contributed by atoms with Gasteiger partial charge in [0.05, 0.1) is 17.1 Å². The molecular formula is C27H27BrN4O2. The lowest BCUT2D eigenvalue weighted by atomic mass is 10.2. The molecule has 0 fully saturated rings. The van der Waals surface area contributed by atoms with E-state index in [0.29, 0.717) is 29.8 Å². The molecule has 0 bridgehead atoms. The molecule has 6 nitrogen and oxygen atoms in total. The highest BCUT2D eigenvalue weighted by molar-refractivity contribution is 9.10. The minimum Gasteiger partial charge on any atom is -0.490 e. The van der Waals surface area contributed by atoms with E-state index in [-0.39, 0.29) is 5.56 Å². The van der Waals surface area contributed by atoms with Crippen molar-refractivity contribution in [1.29, 1.82) is 0 Å². The van der Waals surface area contributed by atoms with Gasteiger partial charge in [-0.25, -0.2) is 4.98 Å². The smallest absolute Gasteiger partial charge is 0.282 e. The van der Waals surface area contributed by atoms with E-state index in [1.165, 1.54) is 4.68 Å². The van der Waals surface area contributed by atoms with Crippen LogP contribution in [0, 0.1) is 13.8 Å². The fourth-order valence-corrected chi connectivity index (χ4v) is 4.34. The second kappa shape index (κ2) is 10.2. The number of fused-ring (bicyclic) bond motifs is 1. The van der Waals surface area contributed by atoms with Gasteiger partial charge in [0.15, 0.2) is 0 Å². The van der Waals surface area contributed by atoms with E-state index in [0.717, 1.165) is 39.3 Å². The Labute approximate surface area is 207 Å². The zero-order valence-corrected chi connectivity index (χ0v) is 21.2. The Hall–Kier alpha value is -3.45. The molecule has 2 aromatic carbocycles. The highest BCUT2D eigenvalue weighted by Gasteiger charge is 2.13. The molecule has 2 aromatic heterocycles.